The van der Waals surface area contributed by atoms with Crippen LogP contribution in [0.5, 0.6) is 0 Å². The van der Waals surface area contributed by atoms with Gasteiger partial charge in [0, 0.05) is 13.1 Å². The summed E-state index contributed by atoms with van der Waals surface area (Å²) in [5, 5.41) is 10.3. The molecular weight excluding hydrogens is 232 g/mol. The van der Waals surface area contributed by atoms with Crippen LogP contribution in [-0.2, 0) is 6.61 Å². The summed E-state index contributed by atoms with van der Waals surface area (Å²) in [6.07, 6.45) is 2.16. The second-order valence-electron chi connectivity index (χ2n) is 3.45. The van der Waals surface area contributed by atoms with Crippen molar-refractivity contribution < 1.29 is 5.11 Å². The highest BCUT2D eigenvalue weighted by atomic mass is 35.5. The highest BCUT2D eigenvalue weighted by Gasteiger charge is 2.16. The van der Waals surface area contributed by atoms with Crippen LogP contribution in [0, 0.1) is 0 Å². The molecule has 0 fully saturated rings. The number of nitrogens with zero attached hydrogens (tertiary/aromatic N) is 2. The van der Waals surface area contributed by atoms with Crippen molar-refractivity contribution in [3.05, 3.63) is 10.0 Å². The molecule has 0 unspecified atom stereocenters. The maximum Gasteiger partial charge on any atom is 0.187 e. The van der Waals surface area contributed by atoms with E-state index in [4.69, 9.17) is 16.7 Å². The van der Waals surface area contributed by atoms with E-state index in [0.29, 0.717) is 11.2 Å². The average Bonchev–Trinajstić information content (AvgIpc) is 2.61. The monoisotopic (exact) mass is 248 g/mol. The normalized spacial score (nSPS) is 11.1. The Morgan fingerprint density at radius 2 is 2.07 bits per heavy atom. The minimum Gasteiger partial charge on any atom is -0.391 e. The van der Waals surface area contributed by atoms with Gasteiger partial charge in [-0.1, -0.05) is 36.8 Å². The molecule has 0 aromatic carbocycles. The Bertz CT molecular complexity index is 312. The molecule has 0 saturated carbocycles. The van der Waals surface area contributed by atoms with E-state index in [1.165, 1.54) is 11.3 Å². The highest BCUT2D eigenvalue weighted by Crippen LogP contribution is 2.30. The van der Waals surface area contributed by atoms with E-state index < -0.39 is 0 Å². The van der Waals surface area contributed by atoms with Gasteiger partial charge in [0.05, 0.1) is 11.5 Å². The van der Waals surface area contributed by atoms with Gasteiger partial charge in [-0.05, 0) is 12.8 Å². The number of aliphatic hydroxyl groups excluding tert-OH is 1. The highest BCUT2D eigenvalue weighted by molar-refractivity contribution is 7.16. The van der Waals surface area contributed by atoms with Gasteiger partial charge in [-0.3, -0.25) is 0 Å². The summed E-state index contributed by atoms with van der Waals surface area (Å²) in [5.74, 6) is 0. The fourth-order valence-electron chi connectivity index (χ4n) is 1.56. The summed E-state index contributed by atoms with van der Waals surface area (Å²) in [6, 6.07) is 0.485. The largest absolute Gasteiger partial charge is 0.391 e. The molecule has 0 atom stereocenters. The molecule has 0 bridgehead atoms. The van der Waals surface area contributed by atoms with Crippen LogP contribution < -0.4 is 4.90 Å². The lowest BCUT2D eigenvalue weighted by molar-refractivity contribution is 0.285. The summed E-state index contributed by atoms with van der Waals surface area (Å²) in [4.78, 5) is 7.12. The first-order chi connectivity index (χ1) is 7.13. The van der Waals surface area contributed by atoms with Crippen LogP contribution in [-0.4, -0.2) is 23.2 Å². The predicted molar refractivity (Wildman–Crippen MR) is 65.8 cm³/mol. The maximum absolute atomic E-state index is 9.03. The fourth-order valence-corrected chi connectivity index (χ4v) is 2.71. The number of hydrogen-bond acceptors (Lipinski definition) is 4. The zero-order valence-corrected chi connectivity index (χ0v) is 10.9. The van der Waals surface area contributed by atoms with Crippen molar-refractivity contribution in [1.82, 2.24) is 4.98 Å². The van der Waals surface area contributed by atoms with Crippen molar-refractivity contribution in [3.63, 3.8) is 0 Å². The summed E-state index contributed by atoms with van der Waals surface area (Å²) < 4.78 is 0. The van der Waals surface area contributed by atoms with Gasteiger partial charge in [-0.25, -0.2) is 4.98 Å². The molecule has 0 aliphatic rings. The van der Waals surface area contributed by atoms with Crippen LogP contribution in [0.15, 0.2) is 0 Å². The molecule has 1 rings (SSSR count). The van der Waals surface area contributed by atoms with Crippen molar-refractivity contribution in [3.8, 4) is 0 Å². The third-order valence-electron chi connectivity index (χ3n) is 2.57. The van der Waals surface area contributed by atoms with Crippen molar-refractivity contribution in [1.29, 1.82) is 0 Å². The van der Waals surface area contributed by atoms with E-state index in [1.54, 1.807) is 0 Å². The molecule has 0 saturated heterocycles. The SMILES string of the molecule is CCC(CC)N(C)c1nc(Cl)c(CO)s1. The molecule has 0 radical (unpaired) electrons. The molecule has 86 valence electrons. The van der Waals surface area contributed by atoms with Crippen LogP contribution in [0.25, 0.3) is 0 Å². The molecular formula is C10H17ClN2OS. The van der Waals surface area contributed by atoms with Crippen LogP contribution in [0.2, 0.25) is 5.15 Å². The first-order valence-corrected chi connectivity index (χ1v) is 6.32. The van der Waals surface area contributed by atoms with Crippen molar-refractivity contribution in [2.75, 3.05) is 11.9 Å². The number of thiazole rings is 1. The molecule has 5 heteroatoms. The molecule has 1 aromatic rings. The topological polar surface area (TPSA) is 36.4 Å². The Hall–Kier alpha value is -0.320. The van der Waals surface area contributed by atoms with Gasteiger partial charge in [0.15, 0.2) is 5.13 Å². The standard InChI is InChI=1S/C10H17ClN2OS/c1-4-7(5-2)13(3)10-12-9(11)8(6-14)15-10/h7,14H,4-6H2,1-3H3. The van der Waals surface area contributed by atoms with E-state index in [-0.39, 0.29) is 6.61 Å². The summed E-state index contributed by atoms with van der Waals surface area (Å²) >= 11 is 7.35. The van der Waals surface area contributed by atoms with E-state index >= 15 is 0 Å². The fraction of sp³-hybridized carbons (Fsp3) is 0.700. The zero-order valence-electron chi connectivity index (χ0n) is 9.33. The lowest BCUT2D eigenvalue weighted by Gasteiger charge is -2.25. The van der Waals surface area contributed by atoms with Crippen LogP contribution in [0.4, 0.5) is 5.13 Å². The van der Waals surface area contributed by atoms with E-state index in [2.05, 4.69) is 23.7 Å². The number of rotatable bonds is 5. The van der Waals surface area contributed by atoms with Crippen LogP contribution >= 0.6 is 22.9 Å². The van der Waals surface area contributed by atoms with Gasteiger partial charge in [-0.15, -0.1) is 0 Å². The summed E-state index contributed by atoms with van der Waals surface area (Å²) in [7, 11) is 2.02. The minimum atomic E-state index is -0.0345. The smallest absolute Gasteiger partial charge is 0.187 e. The van der Waals surface area contributed by atoms with Gasteiger partial charge >= 0.3 is 0 Å². The molecule has 0 spiro atoms. The van der Waals surface area contributed by atoms with Gasteiger partial charge < -0.3 is 10.0 Å². The van der Waals surface area contributed by atoms with Crippen LogP contribution in [0.3, 0.4) is 0 Å². The molecule has 0 aliphatic heterocycles. The van der Waals surface area contributed by atoms with E-state index in [9.17, 15) is 0 Å². The molecule has 3 nitrogen and oxygen atoms in total. The lowest BCUT2D eigenvalue weighted by Crippen LogP contribution is -2.30. The quantitative estimate of drug-likeness (QED) is 0.871. The van der Waals surface area contributed by atoms with Gasteiger partial charge in [-0.2, -0.15) is 0 Å². The lowest BCUT2D eigenvalue weighted by atomic mass is 10.1. The van der Waals surface area contributed by atoms with Gasteiger partial charge in [0.1, 0.15) is 5.15 Å². The number of halogens is 1. The third-order valence-corrected chi connectivity index (χ3v) is 4.13. The molecule has 1 aromatic heterocycles. The van der Waals surface area contributed by atoms with Crippen molar-refractivity contribution in [2.24, 2.45) is 0 Å². The molecule has 0 aliphatic carbocycles. The average molecular weight is 249 g/mol. The first-order valence-electron chi connectivity index (χ1n) is 5.12. The second-order valence-corrected chi connectivity index (χ2v) is 4.87. The number of hydrogen-bond donors (Lipinski definition) is 1. The van der Waals surface area contributed by atoms with E-state index in [0.717, 1.165) is 22.9 Å². The van der Waals surface area contributed by atoms with Crippen molar-refractivity contribution >= 4 is 28.1 Å². The Labute approximate surface area is 99.7 Å². The molecule has 0 amide bonds. The van der Waals surface area contributed by atoms with E-state index in [1.807, 2.05) is 7.05 Å². The third kappa shape index (κ3) is 2.83. The van der Waals surface area contributed by atoms with Crippen LogP contribution in [0.1, 0.15) is 31.6 Å². The molecule has 1 N–H and O–H groups in total. The Kier molecular flexibility index (Phi) is 4.83. The summed E-state index contributed by atoms with van der Waals surface area (Å²) in [6.45, 7) is 4.28. The van der Waals surface area contributed by atoms with Gasteiger partial charge in [0.25, 0.3) is 0 Å². The first kappa shape index (κ1) is 12.7. The molecule has 15 heavy (non-hydrogen) atoms. The second kappa shape index (κ2) is 5.68. The number of anilines is 1. The molecule has 1 heterocycles. The summed E-state index contributed by atoms with van der Waals surface area (Å²) in [5.41, 5.74) is 0. The predicted octanol–water partition coefficient (Wildman–Crippen LogP) is 2.91. The zero-order chi connectivity index (χ0) is 11.4. The Morgan fingerprint density at radius 3 is 2.47 bits per heavy atom. The Balaban J connectivity index is 2.85. The number of aromatic nitrogens is 1. The number of aliphatic hydroxyl groups is 1. The van der Waals surface area contributed by atoms with Crippen molar-refractivity contribution in [2.45, 2.75) is 39.3 Å². The Morgan fingerprint density at radius 1 is 1.47 bits per heavy atom. The minimum absolute atomic E-state index is 0.0345. The van der Waals surface area contributed by atoms with Gasteiger partial charge in [0.2, 0.25) is 0 Å². The maximum atomic E-state index is 9.03.